The molecule has 0 radical (unpaired) electrons. The molecule has 0 saturated heterocycles. The number of hydrogen-bond acceptors (Lipinski definition) is 0. The second-order valence-corrected chi connectivity index (χ2v) is 6.96. The van der Waals surface area contributed by atoms with E-state index in [1.807, 2.05) is 0 Å². The van der Waals surface area contributed by atoms with Crippen LogP contribution in [0.1, 0.15) is 33.4 Å². The molecular formula is C23H22Cl2Zr. The molecule has 0 atom stereocenters. The second kappa shape index (κ2) is 8.87. The topological polar surface area (TPSA) is 0 Å². The van der Waals surface area contributed by atoms with Crippen molar-refractivity contribution in [1.29, 1.82) is 0 Å². The molecule has 0 saturated carbocycles. The first-order chi connectivity index (χ1) is 11.0. The largest absolute Gasteiger partial charge is 4.00 e. The second-order valence-electron chi connectivity index (χ2n) is 6.96. The van der Waals surface area contributed by atoms with Crippen LogP contribution in [0, 0.1) is 27.7 Å². The minimum absolute atomic E-state index is 0. The number of rotatable bonds is 2. The predicted octanol–water partition coefficient (Wildman–Crippen LogP) is 0.261. The number of halogens is 2. The number of aryl methyl sites for hydroxylation is 4. The Morgan fingerprint density at radius 3 is 1.31 bits per heavy atom. The molecule has 0 aliphatic rings. The summed E-state index contributed by atoms with van der Waals surface area (Å²) in [4.78, 5) is 0. The molecule has 4 aromatic carbocycles. The van der Waals surface area contributed by atoms with Gasteiger partial charge in [0.05, 0.1) is 0 Å². The summed E-state index contributed by atoms with van der Waals surface area (Å²) in [5.41, 5.74) is 8.32. The Balaban J connectivity index is 0.00000113. The van der Waals surface area contributed by atoms with E-state index in [1.54, 1.807) is 0 Å². The van der Waals surface area contributed by atoms with Crippen LogP contribution in [-0.2, 0) is 32.6 Å². The molecule has 0 aromatic heterocycles. The van der Waals surface area contributed by atoms with E-state index in [0.29, 0.717) is 0 Å². The summed E-state index contributed by atoms with van der Waals surface area (Å²) in [6.07, 6.45) is 1.01. The minimum atomic E-state index is 0. The van der Waals surface area contributed by atoms with Crippen molar-refractivity contribution in [2.75, 3.05) is 0 Å². The van der Waals surface area contributed by atoms with Crippen molar-refractivity contribution in [3.8, 4) is 0 Å². The zero-order valence-corrected chi connectivity index (χ0v) is 19.6. The molecular weight excluding hydrogens is 438 g/mol. The third-order valence-electron chi connectivity index (χ3n) is 5.17. The van der Waals surface area contributed by atoms with Gasteiger partial charge in [-0.15, -0.1) is 68.1 Å². The molecule has 0 amide bonds. The van der Waals surface area contributed by atoms with Crippen LogP contribution >= 0.6 is 0 Å². The molecule has 4 rings (SSSR count). The van der Waals surface area contributed by atoms with Gasteiger partial charge in [-0.25, -0.2) is 0 Å². The van der Waals surface area contributed by atoms with E-state index in [-0.39, 0.29) is 51.0 Å². The van der Waals surface area contributed by atoms with Crippen molar-refractivity contribution in [3.05, 3.63) is 81.9 Å². The summed E-state index contributed by atoms with van der Waals surface area (Å²) in [5, 5.41) is 5.62. The Morgan fingerprint density at radius 1 is 0.615 bits per heavy atom. The Hall–Kier alpha value is -0.877. The molecule has 0 bridgehead atoms. The summed E-state index contributed by atoms with van der Waals surface area (Å²) in [6, 6.07) is 18.4. The molecule has 0 aliphatic heterocycles. The molecule has 0 unspecified atom stereocenters. The van der Waals surface area contributed by atoms with Crippen LogP contribution in [0.3, 0.4) is 0 Å². The van der Waals surface area contributed by atoms with Gasteiger partial charge in [0.25, 0.3) is 0 Å². The van der Waals surface area contributed by atoms with Gasteiger partial charge >= 0.3 is 26.2 Å². The van der Waals surface area contributed by atoms with Gasteiger partial charge in [0.2, 0.25) is 0 Å². The minimum Gasteiger partial charge on any atom is -1.00 e. The van der Waals surface area contributed by atoms with Crippen molar-refractivity contribution in [2.24, 2.45) is 0 Å². The maximum absolute atomic E-state index is 2.37. The fourth-order valence-electron chi connectivity index (χ4n) is 3.74. The van der Waals surface area contributed by atoms with Gasteiger partial charge in [0, 0.05) is 0 Å². The average Bonchev–Trinajstić information content (AvgIpc) is 3.13. The van der Waals surface area contributed by atoms with E-state index in [0.717, 1.165) is 6.42 Å². The Bertz CT molecular complexity index is 875. The van der Waals surface area contributed by atoms with Crippen LogP contribution < -0.4 is 24.8 Å². The smallest absolute Gasteiger partial charge is 1.00 e. The summed E-state index contributed by atoms with van der Waals surface area (Å²) < 4.78 is 0. The van der Waals surface area contributed by atoms with Crippen molar-refractivity contribution in [3.63, 3.8) is 0 Å². The summed E-state index contributed by atoms with van der Waals surface area (Å²) >= 11 is 0. The van der Waals surface area contributed by atoms with Crippen LogP contribution in [-0.4, -0.2) is 0 Å². The molecule has 26 heavy (non-hydrogen) atoms. The van der Waals surface area contributed by atoms with Gasteiger partial charge in [-0.1, -0.05) is 37.1 Å². The van der Waals surface area contributed by atoms with Crippen LogP contribution in [0.4, 0.5) is 0 Å². The Kier molecular flexibility index (Phi) is 7.91. The predicted molar refractivity (Wildman–Crippen MR) is 101 cm³/mol. The van der Waals surface area contributed by atoms with Crippen LogP contribution in [0.5, 0.6) is 0 Å². The molecule has 0 aliphatic carbocycles. The first-order valence-electron chi connectivity index (χ1n) is 8.34. The van der Waals surface area contributed by atoms with E-state index >= 15 is 0 Å². The molecule has 0 spiro atoms. The number of hydrogen-bond donors (Lipinski definition) is 0. The summed E-state index contributed by atoms with van der Waals surface area (Å²) in [5.74, 6) is 0. The van der Waals surface area contributed by atoms with Crippen molar-refractivity contribution in [2.45, 2.75) is 34.1 Å². The van der Waals surface area contributed by atoms with Gasteiger partial charge in [-0.05, 0) is 20.3 Å². The Morgan fingerprint density at radius 2 is 0.962 bits per heavy atom. The zero-order chi connectivity index (χ0) is 16.1. The third-order valence-corrected chi connectivity index (χ3v) is 5.17. The quantitative estimate of drug-likeness (QED) is 0.377. The maximum atomic E-state index is 2.37. The van der Waals surface area contributed by atoms with Gasteiger partial charge in [0.15, 0.2) is 0 Å². The SMILES string of the molecule is Cc1ccc(C)c2[cH-]c(Cc3cc4c(C)ccc(C)c4[cH-]3)cc12.[Cl-].[Cl-].[Zr+4]. The fourth-order valence-corrected chi connectivity index (χ4v) is 3.74. The standard InChI is InChI=1S/C23H22.2ClH.Zr/c1-14-5-6-15(2)21-11-18(10-20(14)21)9-19-12-22-16(3)7-8-17(4)23(22)13-19;;;/h5-8,10-13H,9H2,1-4H3;2*1H;/q-2;;;+4/p-2. The van der Waals surface area contributed by atoms with Crippen LogP contribution in [0.15, 0.2) is 48.5 Å². The van der Waals surface area contributed by atoms with Crippen molar-refractivity contribution < 1.29 is 51.0 Å². The van der Waals surface area contributed by atoms with Gasteiger partial charge in [-0.2, -0.15) is 12.1 Å². The molecule has 0 N–H and O–H groups in total. The molecule has 3 heteroatoms. The van der Waals surface area contributed by atoms with Crippen LogP contribution in [0.2, 0.25) is 0 Å². The summed E-state index contributed by atoms with van der Waals surface area (Å²) in [7, 11) is 0. The van der Waals surface area contributed by atoms with Gasteiger partial charge < -0.3 is 24.8 Å². The van der Waals surface area contributed by atoms with Gasteiger partial charge in [0.1, 0.15) is 0 Å². The van der Waals surface area contributed by atoms with Crippen molar-refractivity contribution >= 4 is 21.5 Å². The third kappa shape index (κ3) is 4.01. The molecule has 4 aromatic rings. The maximum Gasteiger partial charge on any atom is 4.00 e. The monoisotopic (exact) mass is 458 g/mol. The zero-order valence-electron chi connectivity index (χ0n) is 15.6. The number of fused-ring (bicyclic) bond motifs is 2. The van der Waals surface area contributed by atoms with Crippen molar-refractivity contribution in [1.82, 2.24) is 0 Å². The van der Waals surface area contributed by atoms with E-state index in [9.17, 15) is 0 Å². The molecule has 0 nitrogen and oxygen atoms in total. The van der Waals surface area contributed by atoms with E-state index in [1.165, 1.54) is 54.9 Å². The van der Waals surface area contributed by atoms with E-state index in [2.05, 4.69) is 76.2 Å². The average molecular weight is 461 g/mol. The van der Waals surface area contributed by atoms with Crippen LogP contribution in [0.25, 0.3) is 21.5 Å². The Labute approximate surface area is 187 Å². The number of benzene rings is 2. The molecule has 132 valence electrons. The first-order valence-corrected chi connectivity index (χ1v) is 8.34. The molecule has 0 heterocycles. The van der Waals surface area contributed by atoms with E-state index in [4.69, 9.17) is 0 Å². The molecule has 0 fully saturated rings. The summed E-state index contributed by atoms with van der Waals surface area (Å²) in [6.45, 7) is 8.81. The normalized spacial score (nSPS) is 10.3. The van der Waals surface area contributed by atoms with E-state index < -0.39 is 0 Å². The first kappa shape index (κ1) is 23.2. The fraction of sp³-hybridized carbons (Fsp3) is 0.217. The van der Waals surface area contributed by atoms with Gasteiger partial charge in [-0.3, -0.25) is 0 Å².